The molecular formula is C12H28. The Morgan fingerprint density at radius 3 is 1.00 bits per heavy atom. The summed E-state index contributed by atoms with van der Waals surface area (Å²) in [5, 5.41) is 0. The monoisotopic (exact) mass is 172 g/mol. The smallest absolute Gasteiger partial charge is 0.0448 e. The van der Waals surface area contributed by atoms with Crippen LogP contribution in [0.25, 0.3) is 0 Å². The Morgan fingerprint density at radius 2 is 0.917 bits per heavy atom. The SMILES string of the molecule is CC(C)C(C)C.CCCCCC. The molecule has 0 aliphatic rings. The topological polar surface area (TPSA) is 0 Å². The third-order valence-corrected chi connectivity index (χ3v) is 2.29. The molecule has 0 aliphatic carbocycles. The van der Waals surface area contributed by atoms with Crippen LogP contribution in [-0.4, -0.2) is 0 Å². The normalized spacial score (nSPS) is 10.0. The van der Waals surface area contributed by atoms with E-state index in [1.165, 1.54) is 25.7 Å². The summed E-state index contributed by atoms with van der Waals surface area (Å²) in [6.07, 6.45) is 5.54. The Kier molecular flexibility index (Phi) is 13.3. The fraction of sp³-hybridized carbons (Fsp3) is 1.00. The van der Waals surface area contributed by atoms with E-state index in [0.29, 0.717) is 0 Å². The quantitative estimate of drug-likeness (QED) is 0.530. The van der Waals surface area contributed by atoms with Gasteiger partial charge in [0.15, 0.2) is 0 Å². The van der Waals surface area contributed by atoms with Gasteiger partial charge in [-0.15, -0.1) is 0 Å². The fourth-order valence-electron chi connectivity index (χ4n) is 0.500. The van der Waals surface area contributed by atoms with E-state index in [1.54, 1.807) is 0 Å². The van der Waals surface area contributed by atoms with Crippen molar-refractivity contribution < 1.29 is 0 Å². The van der Waals surface area contributed by atoms with E-state index in [0.717, 1.165) is 11.8 Å². The molecule has 0 bridgehead atoms. The first kappa shape index (κ1) is 14.5. The van der Waals surface area contributed by atoms with Crippen molar-refractivity contribution in [3.63, 3.8) is 0 Å². The second-order valence-electron chi connectivity index (χ2n) is 4.20. The molecule has 0 unspecified atom stereocenters. The molecule has 0 amide bonds. The van der Waals surface area contributed by atoms with Gasteiger partial charge in [-0.2, -0.15) is 0 Å². The van der Waals surface area contributed by atoms with Gasteiger partial charge in [0.1, 0.15) is 0 Å². The Balaban J connectivity index is 0. The lowest BCUT2D eigenvalue weighted by atomic mass is 10.0. The molecule has 0 spiro atoms. The van der Waals surface area contributed by atoms with Gasteiger partial charge in [-0.1, -0.05) is 67.2 Å². The highest BCUT2D eigenvalue weighted by molar-refractivity contribution is 4.46. The molecule has 0 aromatic heterocycles. The van der Waals surface area contributed by atoms with Crippen molar-refractivity contribution in [1.82, 2.24) is 0 Å². The van der Waals surface area contributed by atoms with Crippen LogP contribution in [-0.2, 0) is 0 Å². The molecule has 0 radical (unpaired) electrons. The highest BCUT2D eigenvalue weighted by Crippen LogP contribution is 2.05. The summed E-state index contributed by atoms with van der Waals surface area (Å²) in [7, 11) is 0. The minimum atomic E-state index is 0.852. The van der Waals surface area contributed by atoms with Crippen molar-refractivity contribution in [2.45, 2.75) is 67.2 Å². The summed E-state index contributed by atoms with van der Waals surface area (Å²) in [4.78, 5) is 0. The van der Waals surface area contributed by atoms with E-state index in [1.807, 2.05) is 0 Å². The van der Waals surface area contributed by atoms with Crippen LogP contribution < -0.4 is 0 Å². The standard InChI is InChI=1S/2C6H14/c1-5(2)6(3)4;1-3-5-6-4-2/h5-6H,1-4H3;3-6H2,1-2H3. The predicted molar refractivity (Wildman–Crippen MR) is 59.5 cm³/mol. The number of hydrogen-bond acceptors (Lipinski definition) is 0. The van der Waals surface area contributed by atoms with Gasteiger partial charge in [0.2, 0.25) is 0 Å². The van der Waals surface area contributed by atoms with Crippen LogP contribution in [0, 0.1) is 11.8 Å². The van der Waals surface area contributed by atoms with Crippen LogP contribution in [0.3, 0.4) is 0 Å². The van der Waals surface area contributed by atoms with E-state index in [4.69, 9.17) is 0 Å². The number of hydrogen-bond donors (Lipinski definition) is 0. The van der Waals surface area contributed by atoms with E-state index >= 15 is 0 Å². The average Bonchev–Trinajstić information content (AvgIpc) is 2.02. The van der Waals surface area contributed by atoms with E-state index in [-0.39, 0.29) is 0 Å². The zero-order chi connectivity index (χ0) is 9.98. The second kappa shape index (κ2) is 11.0. The molecular weight excluding hydrogens is 144 g/mol. The molecule has 0 N–H and O–H groups in total. The zero-order valence-corrected chi connectivity index (χ0v) is 9.98. The molecule has 0 fully saturated rings. The molecule has 0 aliphatic heterocycles. The Labute approximate surface area is 79.8 Å². The molecule has 0 atom stereocenters. The van der Waals surface area contributed by atoms with Crippen LogP contribution in [0.15, 0.2) is 0 Å². The first-order valence-electron chi connectivity index (χ1n) is 5.56. The molecule has 0 aromatic rings. The zero-order valence-electron chi connectivity index (χ0n) is 9.98. The minimum absolute atomic E-state index is 0.852. The van der Waals surface area contributed by atoms with Gasteiger partial charge < -0.3 is 0 Å². The van der Waals surface area contributed by atoms with Gasteiger partial charge in [0.05, 0.1) is 0 Å². The molecule has 0 heterocycles. The molecule has 76 valence electrons. The van der Waals surface area contributed by atoms with Gasteiger partial charge in [0.25, 0.3) is 0 Å². The Hall–Kier alpha value is 0. The van der Waals surface area contributed by atoms with Crippen LogP contribution >= 0.6 is 0 Å². The molecule has 0 saturated heterocycles. The van der Waals surface area contributed by atoms with Crippen molar-refractivity contribution in [3.05, 3.63) is 0 Å². The fourth-order valence-corrected chi connectivity index (χ4v) is 0.500. The molecule has 0 nitrogen and oxygen atoms in total. The maximum atomic E-state index is 2.24. The van der Waals surface area contributed by atoms with Crippen molar-refractivity contribution in [3.8, 4) is 0 Å². The maximum absolute atomic E-state index is 2.24. The summed E-state index contributed by atoms with van der Waals surface area (Å²) in [5.41, 5.74) is 0. The van der Waals surface area contributed by atoms with Gasteiger partial charge >= 0.3 is 0 Å². The molecule has 0 rings (SSSR count). The van der Waals surface area contributed by atoms with Gasteiger partial charge in [-0.25, -0.2) is 0 Å². The number of rotatable bonds is 4. The summed E-state index contributed by atoms with van der Waals surface area (Å²) in [6.45, 7) is 13.4. The van der Waals surface area contributed by atoms with Crippen molar-refractivity contribution >= 4 is 0 Å². The molecule has 0 saturated carbocycles. The molecule has 0 aromatic carbocycles. The lowest BCUT2D eigenvalue weighted by Gasteiger charge is -2.05. The van der Waals surface area contributed by atoms with Gasteiger partial charge in [-0.05, 0) is 11.8 Å². The highest BCUT2D eigenvalue weighted by atomic mass is 14.0. The highest BCUT2D eigenvalue weighted by Gasteiger charge is 1.95. The van der Waals surface area contributed by atoms with Crippen LogP contribution in [0.1, 0.15) is 67.2 Å². The van der Waals surface area contributed by atoms with E-state index < -0.39 is 0 Å². The summed E-state index contributed by atoms with van der Waals surface area (Å²) >= 11 is 0. The van der Waals surface area contributed by atoms with Crippen LogP contribution in [0.5, 0.6) is 0 Å². The first-order valence-corrected chi connectivity index (χ1v) is 5.56. The third-order valence-electron chi connectivity index (χ3n) is 2.29. The van der Waals surface area contributed by atoms with Crippen molar-refractivity contribution in [2.24, 2.45) is 11.8 Å². The second-order valence-corrected chi connectivity index (χ2v) is 4.20. The summed E-state index contributed by atoms with van der Waals surface area (Å²) in [6, 6.07) is 0. The predicted octanol–water partition coefficient (Wildman–Crippen LogP) is 4.89. The van der Waals surface area contributed by atoms with E-state index in [9.17, 15) is 0 Å². The van der Waals surface area contributed by atoms with E-state index in [2.05, 4.69) is 41.5 Å². The first-order chi connectivity index (χ1) is 5.56. The maximum Gasteiger partial charge on any atom is -0.0448 e. The average molecular weight is 172 g/mol. The summed E-state index contributed by atoms with van der Waals surface area (Å²) in [5.74, 6) is 1.70. The molecule has 12 heavy (non-hydrogen) atoms. The van der Waals surface area contributed by atoms with Crippen molar-refractivity contribution in [1.29, 1.82) is 0 Å². The van der Waals surface area contributed by atoms with Crippen LogP contribution in [0.2, 0.25) is 0 Å². The largest absolute Gasteiger partial charge is 0.0654 e. The van der Waals surface area contributed by atoms with Gasteiger partial charge in [-0.3, -0.25) is 0 Å². The van der Waals surface area contributed by atoms with Crippen molar-refractivity contribution in [2.75, 3.05) is 0 Å². The van der Waals surface area contributed by atoms with Crippen LogP contribution in [0.4, 0.5) is 0 Å². The Morgan fingerprint density at radius 1 is 0.667 bits per heavy atom. The minimum Gasteiger partial charge on any atom is -0.0654 e. The Bertz CT molecular complexity index is 52.4. The lowest BCUT2D eigenvalue weighted by Crippen LogP contribution is -1.95. The summed E-state index contributed by atoms with van der Waals surface area (Å²) < 4.78 is 0. The third kappa shape index (κ3) is 16.5. The number of unbranched alkanes of at least 4 members (excludes halogenated alkanes) is 3. The lowest BCUT2D eigenvalue weighted by molar-refractivity contribution is 0.457. The molecule has 0 heteroatoms. The van der Waals surface area contributed by atoms with Gasteiger partial charge in [0, 0.05) is 0 Å².